The molecule has 0 spiro atoms. The highest BCUT2D eigenvalue weighted by atomic mass is 16.5. The van der Waals surface area contributed by atoms with Gasteiger partial charge in [-0.05, 0) is 12.8 Å². The lowest BCUT2D eigenvalue weighted by Gasteiger charge is -2.15. The van der Waals surface area contributed by atoms with Crippen LogP contribution in [0.3, 0.4) is 0 Å². The molecule has 14 heavy (non-hydrogen) atoms. The third-order valence-corrected chi connectivity index (χ3v) is 2.63. The van der Waals surface area contributed by atoms with Gasteiger partial charge in [-0.15, -0.1) is 0 Å². The van der Waals surface area contributed by atoms with Crippen LogP contribution in [0, 0.1) is 5.21 Å². The van der Waals surface area contributed by atoms with Crippen LogP contribution < -0.4 is 5.06 Å². The molecular weight excluding hydrogens is 174 g/mol. The number of hydrogen-bond acceptors (Lipinski definition) is 1. The second kappa shape index (κ2) is 11.0. The van der Waals surface area contributed by atoms with Crippen LogP contribution in [-0.4, -0.2) is 13.6 Å². The lowest BCUT2D eigenvalue weighted by molar-refractivity contribution is -0.826. The summed E-state index contributed by atoms with van der Waals surface area (Å²) in [7, 11) is 1.69. The van der Waals surface area contributed by atoms with Crippen molar-refractivity contribution in [3.8, 4) is 0 Å². The van der Waals surface area contributed by atoms with E-state index < -0.39 is 0 Å². The van der Waals surface area contributed by atoms with E-state index >= 15 is 0 Å². The first-order valence-electron chi connectivity index (χ1n) is 6.26. The molecule has 86 valence electrons. The monoisotopic (exact) mass is 201 g/mol. The summed E-state index contributed by atoms with van der Waals surface area (Å²) in [5.41, 5.74) is 0. The Morgan fingerprint density at radius 3 is 1.64 bits per heavy atom. The van der Waals surface area contributed by atoms with E-state index in [1.54, 1.807) is 7.05 Å². The van der Waals surface area contributed by atoms with E-state index in [1.165, 1.54) is 51.4 Å². The third-order valence-electron chi connectivity index (χ3n) is 2.63. The smallest absolute Gasteiger partial charge is 0.0766 e. The Hall–Kier alpha value is -0.0800. The van der Waals surface area contributed by atoms with Crippen molar-refractivity contribution in [3.63, 3.8) is 0 Å². The summed E-state index contributed by atoms with van der Waals surface area (Å²) in [4.78, 5) is 0. The zero-order chi connectivity index (χ0) is 10.6. The van der Waals surface area contributed by atoms with Crippen molar-refractivity contribution in [1.29, 1.82) is 0 Å². The van der Waals surface area contributed by atoms with E-state index in [0.29, 0.717) is 5.06 Å². The van der Waals surface area contributed by atoms with E-state index in [1.807, 2.05) is 0 Å². The zero-order valence-corrected chi connectivity index (χ0v) is 9.98. The molecule has 0 bridgehead atoms. The molecule has 1 atom stereocenters. The van der Waals surface area contributed by atoms with Crippen molar-refractivity contribution >= 4 is 0 Å². The summed E-state index contributed by atoms with van der Waals surface area (Å²) in [5.74, 6) is 0. The molecule has 2 nitrogen and oxygen atoms in total. The van der Waals surface area contributed by atoms with E-state index in [-0.39, 0.29) is 0 Å². The fourth-order valence-corrected chi connectivity index (χ4v) is 1.68. The first kappa shape index (κ1) is 13.9. The molecule has 0 saturated carbocycles. The molecule has 1 unspecified atom stereocenters. The summed E-state index contributed by atoms with van der Waals surface area (Å²) in [6, 6.07) is 0. The van der Waals surface area contributed by atoms with Crippen molar-refractivity contribution in [2.75, 3.05) is 13.6 Å². The van der Waals surface area contributed by atoms with Crippen molar-refractivity contribution in [2.24, 2.45) is 0 Å². The number of hydroxylamine groups is 2. The predicted octanol–water partition coefficient (Wildman–Crippen LogP) is 2.53. The minimum atomic E-state index is 0.341. The van der Waals surface area contributed by atoms with Crippen LogP contribution in [0.2, 0.25) is 0 Å². The Labute approximate surface area is 89.3 Å². The minimum Gasteiger partial charge on any atom is -0.634 e. The van der Waals surface area contributed by atoms with Crippen LogP contribution in [0.1, 0.15) is 64.7 Å². The van der Waals surface area contributed by atoms with Gasteiger partial charge in [0, 0.05) is 0 Å². The molecule has 0 fully saturated rings. The summed E-state index contributed by atoms with van der Waals surface area (Å²) < 4.78 is 0. The average molecular weight is 201 g/mol. The molecule has 0 aliphatic carbocycles. The lowest BCUT2D eigenvalue weighted by Crippen LogP contribution is -3.03. The maximum absolute atomic E-state index is 10.7. The van der Waals surface area contributed by atoms with Gasteiger partial charge < -0.3 is 10.3 Å². The van der Waals surface area contributed by atoms with E-state index in [9.17, 15) is 5.21 Å². The highest BCUT2D eigenvalue weighted by Crippen LogP contribution is 2.08. The van der Waals surface area contributed by atoms with Crippen molar-refractivity contribution < 1.29 is 5.06 Å². The molecule has 0 aromatic heterocycles. The number of quaternary nitrogens is 1. The Morgan fingerprint density at radius 1 is 0.786 bits per heavy atom. The Bertz CT molecular complexity index is 104. The molecule has 1 N–H and O–H groups in total. The molecule has 0 heterocycles. The molecule has 0 aromatic rings. The normalized spacial score (nSPS) is 13.1. The van der Waals surface area contributed by atoms with Gasteiger partial charge in [0.2, 0.25) is 0 Å². The van der Waals surface area contributed by atoms with E-state index in [0.717, 1.165) is 13.0 Å². The Balaban J connectivity index is 2.85. The topological polar surface area (TPSA) is 27.5 Å². The van der Waals surface area contributed by atoms with Crippen molar-refractivity contribution in [2.45, 2.75) is 64.7 Å². The maximum Gasteiger partial charge on any atom is 0.0766 e. The van der Waals surface area contributed by atoms with E-state index in [4.69, 9.17) is 0 Å². The molecule has 0 aliphatic heterocycles. The minimum absolute atomic E-state index is 0.341. The van der Waals surface area contributed by atoms with Gasteiger partial charge in [0.1, 0.15) is 0 Å². The van der Waals surface area contributed by atoms with Gasteiger partial charge in [0.15, 0.2) is 0 Å². The van der Waals surface area contributed by atoms with Crippen LogP contribution in [0.5, 0.6) is 0 Å². The largest absolute Gasteiger partial charge is 0.634 e. The van der Waals surface area contributed by atoms with Crippen LogP contribution >= 0.6 is 0 Å². The van der Waals surface area contributed by atoms with Gasteiger partial charge in [-0.2, -0.15) is 0 Å². The zero-order valence-electron chi connectivity index (χ0n) is 9.98. The fourth-order valence-electron chi connectivity index (χ4n) is 1.68. The number of nitrogens with one attached hydrogen (secondary N) is 1. The number of unbranched alkanes of at least 4 members (excludes halogenated alkanes) is 8. The third kappa shape index (κ3) is 11.9. The average Bonchev–Trinajstić information content (AvgIpc) is 2.15. The molecule has 0 rings (SSSR count). The van der Waals surface area contributed by atoms with Crippen molar-refractivity contribution in [3.05, 3.63) is 5.21 Å². The molecular formula is C12H27NO. The lowest BCUT2D eigenvalue weighted by atomic mass is 10.1. The Morgan fingerprint density at radius 2 is 1.21 bits per heavy atom. The van der Waals surface area contributed by atoms with E-state index in [2.05, 4.69) is 6.92 Å². The molecule has 0 aliphatic rings. The second-order valence-corrected chi connectivity index (χ2v) is 4.28. The SMILES string of the molecule is CCCCCCCCCCC[NH+](C)[O-]. The van der Waals surface area contributed by atoms with Gasteiger partial charge in [0.25, 0.3) is 0 Å². The quantitative estimate of drug-likeness (QED) is 0.427. The number of rotatable bonds is 10. The summed E-state index contributed by atoms with van der Waals surface area (Å²) >= 11 is 0. The second-order valence-electron chi connectivity index (χ2n) is 4.28. The van der Waals surface area contributed by atoms with Gasteiger partial charge in [-0.3, -0.25) is 0 Å². The highest BCUT2D eigenvalue weighted by Gasteiger charge is 1.93. The first-order chi connectivity index (χ1) is 6.77. The van der Waals surface area contributed by atoms with Gasteiger partial charge in [-0.25, -0.2) is 0 Å². The molecule has 0 saturated heterocycles. The highest BCUT2D eigenvalue weighted by molar-refractivity contribution is 4.46. The molecule has 0 radical (unpaired) electrons. The van der Waals surface area contributed by atoms with Crippen LogP contribution in [0.4, 0.5) is 0 Å². The molecule has 0 aromatic carbocycles. The van der Waals surface area contributed by atoms with Crippen molar-refractivity contribution in [1.82, 2.24) is 0 Å². The van der Waals surface area contributed by atoms with Gasteiger partial charge in [-0.1, -0.05) is 51.9 Å². The van der Waals surface area contributed by atoms with Crippen LogP contribution in [-0.2, 0) is 0 Å². The van der Waals surface area contributed by atoms with Crippen LogP contribution in [0.15, 0.2) is 0 Å². The summed E-state index contributed by atoms with van der Waals surface area (Å²) in [6.45, 7) is 3.04. The fraction of sp³-hybridized carbons (Fsp3) is 1.00. The molecule has 2 heteroatoms. The predicted molar refractivity (Wildman–Crippen MR) is 62.3 cm³/mol. The summed E-state index contributed by atoms with van der Waals surface area (Å²) in [5, 5.41) is 11.0. The molecule has 0 amide bonds. The number of hydrogen-bond donors (Lipinski definition) is 1. The van der Waals surface area contributed by atoms with Crippen LogP contribution in [0.25, 0.3) is 0 Å². The summed E-state index contributed by atoms with van der Waals surface area (Å²) in [6.07, 6.45) is 12.0. The van der Waals surface area contributed by atoms with Gasteiger partial charge in [0.05, 0.1) is 13.6 Å². The first-order valence-corrected chi connectivity index (χ1v) is 6.26. The van der Waals surface area contributed by atoms with Gasteiger partial charge >= 0.3 is 0 Å². The standard InChI is InChI=1S/C12H27NO/c1-3-4-5-6-7-8-9-10-11-12-13(2)14/h13H,3-12H2,1-2H3. The Kier molecular flexibility index (Phi) is 10.9. The maximum atomic E-state index is 10.7.